The summed E-state index contributed by atoms with van der Waals surface area (Å²) < 4.78 is 1.92. The second-order valence-corrected chi connectivity index (χ2v) is 3.59. The third-order valence-corrected chi connectivity index (χ3v) is 2.58. The van der Waals surface area contributed by atoms with Gasteiger partial charge in [-0.1, -0.05) is 12.1 Å². The van der Waals surface area contributed by atoms with E-state index < -0.39 is 0 Å². The second kappa shape index (κ2) is 3.42. The first-order chi connectivity index (χ1) is 6.72. The fourth-order valence-corrected chi connectivity index (χ4v) is 1.69. The minimum Gasteiger partial charge on any atom is -0.316 e. The molecule has 0 aliphatic heterocycles. The number of nitrogens with zero attached hydrogens (tertiary/aromatic N) is 2. The monoisotopic (exact) mass is 189 g/mol. The van der Waals surface area contributed by atoms with Crippen molar-refractivity contribution in [3.8, 4) is 0 Å². The fraction of sp³-hybridized carbons (Fsp3) is 0.364. The fourth-order valence-electron chi connectivity index (χ4n) is 1.69. The third kappa shape index (κ3) is 1.40. The van der Waals surface area contributed by atoms with Crippen molar-refractivity contribution in [1.29, 1.82) is 0 Å². The van der Waals surface area contributed by atoms with Crippen molar-refractivity contribution in [3.63, 3.8) is 0 Å². The first kappa shape index (κ1) is 9.21. The third-order valence-electron chi connectivity index (χ3n) is 2.58. The van der Waals surface area contributed by atoms with Gasteiger partial charge in [0.15, 0.2) is 0 Å². The van der Waals surface area contributed by atoms with Crippen molar-refractivity contribution < 1.29 is 0 Å². The summed E-state index contributed by atoms with van der Waals surface area (Å²) in [5.74, 6) is 0. The van der Waals surface area contributed by atoms with Crippen LogP contribution in [0.5, 0.6) is 0 Å². The van der Waals surface area contributed by atoms with Gasteiger partial charge < -0.3 is 5.32 Å². The summed E-state index contributed by atoms with van der Waals surface area (Å²) in [7, 11) is 3.93. The van der Waals surface area contributed by atoms with Crippen molar-refractivity contribution in [3.05, 3.63) is 29.5 Å². The minimum atomic E-state index is 0.894. The number of aromatic nitrogens is 2. The van der Waals surface area contributed by atoms with Crippen LogP contribution < -0.4 is 5.32 Å². The van der Waals surface area contributed by atoms with Crippen molar-refractivity contribution in [2.75, 3.05) is 7.05 Å². The molecule has 0 aliphatic rings. The molecule has 1 heterocycles. The maximum atomic E-state index is 4.44. The molecule has 0 saturated carbocycles. The summed E-state index contributed by atoms with van der Waals surface area (Å²) >= 11 is 0. The normalized spacial score (nSPS) is 11.1. The first-order valence-electron chi connectivity index (χ1n) is 4.79. The van der Waals surface area contributed by atoms with Crippen molar-refractivity contribution >= 4 is 10.9 Å². The Kier molecular flexibility index (Phi) is 2.25. The topological polar surface area (TPSA) is 29.9 Å². The maximum absolute atomic E-state index is 4.44. The lowest BCUT2D eigenvalue weighted by molar-refractivity contribution is 0.750. The van der Waals surface area contributed by atoms with Gasteiger partial charge in [-0.05, 0) is 25.6 Å². The van der Waals surface area contributed by atoms with Crippen LogP contribution in [-0.2, 0) is 13.6 Å². The maximum Gasteiger partial charge on any atom is 0.0929 e. The molecule has 0 unspecified atom stereocenters. The molecule has 2 rings (SSSR count). The summed E-state index contributed by atoms with van der Waals surface area (Å²) in [5, 5.41) is 8.82. The standard InChI is InChI=1S/C11H15N3/c1-8-10-5-4-9(7-12-2)6-11(10)13-14(8)3/h4-6,12H,7H2,1-3H3. The van der Waals surface area contributed by atoms with Gasteiger partial charge in [-0.3, -0.25) is 4.68 Å². The Morgan fingerprint density at radius 2 is 2.21 bits per heavy atom. The zero-order chi connectivity index (χ0) is 10.1. The van der Waals surface area contributed by atoms with E-state index in [9.17, 15) is 0 Å². The minimum absolute atomic E-state index is 0.894. The SMILES string of the molecule is CNCc1ccc2c(C)n(C)nc2c1. The number of hydrogen-bond acceptors (Lipinski definition) is 2. The summed E-state index contributed by atoms with van der Waals surface area (Å²) in [6.07, 6.45) is 0. The van der Waals surface area contributed by atoms with Crippen molar-refractivity contribution in [1.82, 2.24) is 15.1 Å². The molecule has 0 radical (unpaired) electrons. The Balaban J connectivity index is 2.56. The first-order valence-corrected chi connectivity index (χ1v) is 4.79. The van der Waals surface area contributed by atoms with Crippen LogP contribution >= 0.6 is 0 Å². The number of fused-ring (bicyclic) bond motifs is 1. The molecule has 1 aromatic heterocycles. The lowest BCUT2D eigenvalue weighted by atomic mass is 10.1. The molecule has 0 spiro atoms. The van der Waals surface area contributed by atoms with Crippen molar-refractivity contribution in [2.45, 2.75) is 13.5 Å². The molecule has 3 nitrogen and oxygen atoms in total. The Morgan fingerprint density at radius 3 is 2.93 bits per heavy atom. The van der Waals surface area contributed by atoms with Gasteiger partial charge in [0.05, 0.1) is 5.52 Å². The van der Waals surface area contributed by atoms with E-state index >= 15 is 0 Å². The summed E-state index contributed by atoms with van der Waals surface area (Å²) in [4.78, 5) is 0. The van der Waals surface area contributed by atoms with Gasteiger partial charge in [0, 0.05) is 24.7 Å². The molecule has 0 fully saturated rings. The van der Waals surface area contributed by atoms with Crippen LogP contribution in [0.15, 0.2) is 18.2 Å². The van der Waals surface area contributed by atoms with Gasteiger partial charge >= 0.3 is 0 Å². The lowest BCUT2D eigenvalue weighted by Gasteiger charge is -1.98. The van der Waals surface area contributed by atoms with Crippen molar-refractivity contribution in [2.24, 2.45) is 7.05 Å². The number of nitrogens with one attached hydrogen (secondary N) is 1. The van der Waals surface area contributed by atoms with Crippen LogP contribution in [-0.4, -0.2) is 16.8 Å². The van der Waals surface area contributed by atoms with Crippen LogP contribution in [0.2, 0.25) is 0 Å². The van der Waals surface area contributed by atoms with E-state index in [2.05, 4.69) is 35.5 Å². The van der Waals surface area contributed by atoms with Gasteiger partial charge in [-0.2, -0.15) is 5.10 Å². The van der Waals surface area contributed by atoms with Gasteiger partial charge in [-0.25, -0.2) is 0 Å². The average Bonchev–Trinajstić information content (AvgIpc) is 2.43. The van der Waals surface area contributed by atoms with Gasteiger partial charge in [-0.15, -0.1) is 0 Å². The van der Waals surface area contributed by atoms with E-state index in [1.165, 1.54) is 16.6 Å². The van der Waals surface area contributed by atoms with Crippen LogP contribution in [0, 0.1) is 6.92 Å². The van der Waals surface area contributed by atoms with E-state index in [0.29, 0.717) is 0 Å². The molecule has 0 amide bonds. The number of hydrogen-bond donors (Lipinski definition) is 1. The predicted molar refractivity (Wildman–Crippen MR) is 58.2 cm³/mol. The van der Waals surface area contributed by atoms with Gasteiger partial charge in [0.25, 0.3) is 0 Å². The largest absolute Gasteiger partial charge is 0.316 e. The molecule has 0 saturated heterocycles. The molecule has 1 aromatic carbocycles. The van der Waals surface area contributed by atoms with Gasteiger partial charge in [0.2, 0.25) is 0 Å². The van der Waals surface area contributed by atoms with E-state index in [-0.39, 0.29) is 0 Å². The predicted octanol–water partition coefficient (Wildman–Crippen LogP) is 1.60. The molecule has 3 heteroatoms. The molecule has 1 N–H and O–H groups in total. The van der Waals surface area contributed by atoms with E-state index in [0.717, 1.165) is 12.1 Å². The molecular formula is C11H15N3. The molecule has 0 aliphatic carbocycles. The highest BCUT2D eigenvalue weighted by molar-refractivity contribution is 5.81. The Hall–Kier alpha value is -1.35. The molecule has 2 aromatic rings. The van der Waals surface area contributed by atoms with Crippen LogP contribution in [0.1, 0.15) is 11.3 Å². The Morgan fingerprint density at radius 1 is 1.43 bits per heavy atom. The highest BCUT2D eigenvalue weighted by Crippen LogP contribution is 2.18. The summed E-state index contributed by atoms with van der Waals surface area (Å²) in [6, 6.07) is 6.43. The summed E-state index contributed by atoms with van der Waals surface area (Å²) in [5.41, 5.74) is 3.58. The zero-order valence-electron chi connectivity index (χ0n) is 8.83. The molecular weight excluding hydrogens is 174 g/mol. The molecule has 14 heavy (non-hydrogen) atoms. The zero-order valence-corrected chi connectivity index (χ0v) is 8.83. The second-order valence-electron chi connectivity index (χ2n) is 3.59. The quantitative estimate of drug-likeness (QED) is 0.777. The van der Waals surface area contributed by atoms with E-state index in [1.54, 1.807) is 0 Å². The van der Waals surface area contributed by atoms with Crippen LogP contribution in [0.25, 0.3) is 10.9 Å². The van der Waals surface area contributed by atoms with E-state index in [1.807, 2.05) is 18.8 Å². The highest BCUT2D eigenvalue weighted by atomic mass is 15.3. The average molecular weight is 189 g/mol. The highest BCUT2D eigenvalue weighted by Gasteiger charge is 2.04. The Labute approximate surface area is 83.7 Å². The van der Waals surface area contributed by atoms with Gasteiger partial charge in [0.1, 0.15) is 0 Å². The number of rotatable bonds is 2. The molecule has 74 valence electrons. The number of aryl methyl sites for hydroxylation is 2. The smallest absolute Gasteiger partial charge is 0.0929 e. The van der Waals surface area contributed by atoms with Crippen LogP contribution in [0.3, 0.4) is 0 Å². The molecule has 0 atom stereocenters. The van der Waals surface area contributed by atoms with Crippen LogP contribution in [0.4, 0.5) is 0 Å². The lowest BCUT2D eigenvalue weighted by Crippen LogP contribution is -2.04. The number of benzene rings is 1. The van der Waals surface area contributed by atoms with E-state index in [4.69, 9.17) is 0 Å². The summed E-state index contributed by atoms with van der Waals surface area (Å²) in [6.45, 7) is 2.98. The Bertz CT molecular complexity index is 457. The molecule has 0 bridgehead atoms.